The molecule has 0 aromatic heterocycles. The van der Waals surface area contributed by atoms with Crippen molar-refractivity contribution in [2.24, 2.45) is 0 Å². The number of nitrogens with one attached hydrogen (secondary N) is 1. The maximum atomic E-state index is 11.3. The summed E-state index contributed by atoms with van der Waals surface area (Å²) in [7, 11) is 0. The van der Waals surface area contributed by atoms with Gasteiger partial charge in [0, 0.05) is 19.3 Å². The lowest BCUT2D eigenvalue weighted by molar-refractivity contribution is -0.125. The Hall–Kier alpha value is -1.84. The number of carbonyl (C=O) groups is 2. The number of amides is 2. The lowest BCUT2D eigenvalue weighted by atomic mass is 10.4. The van der Waals surface area contributed by atoms with Crippen LogP contribution >= 0.6 is 0 Å². The fourth-order valence-electron chi connectivity index (χ4n) is 0.662. The quantitative estimate of drug-likeness (QED) is 0.649. The van der Waals surface area contributed by atoms with Crippen LogP contribution in [-0.2, 0) is 9.59 Å². The van der Waals surface area contributed by atoms with E-state index >= 15 is 0 Å². The van der Waals surface area contributed by atoms with Gasteiger partial charge in [0.1, 0.15) is 5.70 Å². The minimum Gasteiger partial charge on any atom is -0.322 e. The van der Waals surface area contributed by atoms with Crippen LogP contribution in [-0.4, -0.2) is 16.7 Å². The molecule has 4 heteroatoms. The highest BCUT2D eigenvalue weighted by atomic mass is 16.2. The number of nitrogens with zero attached hydrogens (tertiary/aromatic N) is 1. The minimum atomic E-state index is -0.458. The maximum absolute atomic E-state index is 11.3. The Kier molecular flexibility index (Phi) is 4.23. The fourth-order valence-corrected chi connectivity index (χ4v) is 0.662. The number of rotatable bonds is 4. The first kappa shape index (κ1) is 11.2. The molecule has 0 saturated heterocycles. The Morgan fingerprint density at radius 1 is 1.31 bits per heavy atom. The minimum absolute atomic E-state index is 0.00713. The molecule has 0 aromatic carbocycles. The molecule has 4 nitrogen and oxygen atoms in total. The monoisotopic (exact) mass is 180 g/mol. The molecule has 0 radical (unpaired) electrons. The molecular formula is C9H12N2O2. The van der Waals surface area contributed by atoms with E-state index in [4.69, 9.17) is 0 Å². The predicted octanol–water partition coefficient (Wildman–Crippen LogP) is 0.752. The Bertz CT molecular complexity index is 261. The Morgan fingerprint density at radius 3 is 2.08 bits per heavy atom. The molecule has 0 aliphatic heterocycles. The van der Waals surface area contributed by atoms with Gasteiger partial charge in [-0.3, -0.25) is 14.5 Å². The molecule has 0 spiro atoms. The van der Waals surface area contributed by atoms with E-state index in [-0.39, 0.29) is 11.6 Å². The molecule has 0 rings (SSSR count). The van der Waals surface area contributed by atoms with Crippen LogP contribution in [0.4, 0.5) is 0 Å². The fraction of sp³-hybridized carbons (Fsp3) is 0.111. The topological polar surface area (TPSA) is 49.4 Å². The van der Waals surface area contributed by atoms with E-state index in [0.717, 1.165) is 4.90 Å². The zero-order chi connectivity index (χ0) is 10.4. The van der Waals surface area contributed by atoms with Crippen molar-refractivity contribution in [1.82, 2.24) is 10.2 Å². The molecule has 0 heterocycles. The number of hydrogen-bond donors (Lipinski definition) is 1. The second-order valence-electron chi connectivity index (χ2n) is 2.24. The third kappa shape index (κ3) is 3.37. The predicted molar refractivity (Wildman–Crippen MR) is 50.2 cm³/mol. The van der Waals surface area contributed by atoms with Crippen molar-refractivity contribution in [3.63, 3.8) is 0 Å². The number of carbonyl (C=O) groups excluding carboxylic acids is 2. The van der Waals surface area contributed by atoms with Crippen molar-refractivity contribution in [3.05, 3.63) is 37.8 Å². The Balaban J connectivity index is 4.40. The van der Waals surface area contributed by atoms with Gasteiger partial charge < -0.3 is 5.32 Å². The highest BCUT2D eigenvalue weighted by Crippen LogP contribution is 1.97. The molecule has 1 N–H and O–H groups in total. The summed E-state index contributed by atoms with van der Waals surface area (Å²) in [6.07, 6.45) is 2.56. The van der Waals surface area contributed by atoms with Crippen LogP contribution in [0.25, 0.3) is 0 Å². The van der Waals surface area contributed by atoms with E-state index in [1.807, 2.05) is 0 Å². The summed E-state index contributed by atoms with van der Waals surface area (Å²) in [6, 6.07) is 0. The first-order valence-electron chi connectivity index (χ1n) is 3.57. The first-order chi connectivity index (χ1) is 6.02. The zero-order valence-corrected chi connectivity index (χ0v) is 7.54. The molecule has 70 valence electrons. The van der Waals surface area contributed by atoms with Gasteiger partial charge in [0.05, 0.1) is 0 Å². The normalized spacial score (nSPS) is 8.38. The van der Waals surface area contributed by atoms with Crippen LogP contribution in [0.5, 0.6) is 0 Å². The summed E-state index contributed by atoms with van der Waals surface area (Å²) < 4.78 is 0. The van der Waals surface area contributed by atoms with Gasteiger partial charge in [0.2, 0.25) is 5.91 Å². The van der Waals surface area contributed by atoms with Gasteiger partial charge in [0.25, 0.3) is 5.91 Å². The zero-order valence-electron chi connectivity index (χ0n) is 7.54. The molecule has 0 bridgehead atoms. The molecule has 0 unspecified atom stereocenters. The summed E-state index contributed by atoms with van der Waals surface area (Å²) >= 11 is 0. The molecule has 2 amide bonds. The molecular weight excluding hydrogens is 168 g/mol. The summed E-state index contributed by atoms with van der Waals surface area (Å²) in [5.41, 5.74) is -0.00713. The van der Waals surface area contributed by atoms with Crippen LogP contribution in [0.2, 0.25) is 0 Å². The molecule has 0 atom stereocenters. The Morgan fingerprint density at radius 2 is 1.77 bits per heavy atom. The van der Waals surface area contributed by atoms with Gasteiger partial charge >= 0.3 is 0 Å². The van der Waals surface area contributed by atoms with E-state index in [9.17, 15) is 9.59 Å². The molecule has 0 aromatic rings. The van der Waals surface area contributed by atoms with E-state index in [1.165, 1.54) is 19.3 Å². The summed E-state index contributed by atoms with van der Waals surface area (Å²) in [5.74, 6) is -0.799. The second-order valence-corrected chi connectivity index (χ2v) is 2.24. The Labute approximate surface area is 77.2 Å². The van der Waals surface area contributed by atoms with Gasteiger partial charge in [-0.1, -0.05) is 19.7 Å². The molecule has 0 aliphatic carbocycles. The van der Waals surface area contributed by atoms with Crippen molar-refractivity contribution >= 4 is 11.8 Å². The van der Waals surface area contributed by atoms with Crippen LogP contribution in [0.3, 0.4) is 0 Å². The van der Waals surface area contributed by atoms with Crippen LogP contribution in [0, 0.1) is 0 Å². The third-order valence-corrected chi connectivity index (χ3v) is 1.21. The van der Waals surface area contributed by atoms with Gasteiger partial charge in [-0.15, -0.1) is 0 Å². The smallest absolute Gasteiger partial charge is 0.277 e. The largest absolute Gasteiger partial charge is 0.322 e. The molecule has 0 aliphatic rings. The molecule has 13 heavy (non-hydrogen) atoms. The number of hydrogen-bond acceptors (Lipinski definition) is 2. The third-order valence-electron chi connectivity index (χ3n) is 1.21. The highest BCUT2D eigenvalue weighted by molar-refractivity contribution is 5.97. The summed E-state index contributed by atoms with van der Waals surface area (Å²) in [6.45, 7) is 11.5. The highest BCUT2D eigenvalue weighted by Gasteiger charge is 2.11. The van der Waals surface area contributed by atoms with Gasteiger partial charge in [-0.2, -0.15) is 0 Å². The van der Waals surface area contributed by atoms with E-state index in [0.29, 0.717) is 0 Å². The maximum Gasteiger partial charge on any atom is 0.277 e. The molecule has 0 saturated carbocycles. The lowest BCUT2D eigenvalue weighted by Crippen LogP contribution is -2.31. The van der Waals surface area contributed by atoms with E-state index < -0.39 is 5.91 Å². The van der Waals surface area contributed by atoms with Crippen molar-refractivity contribution in [1.29, 1.82) is 0 Å². The van der Waals surface area contributed by atoms with Gasteiger partial charge in [-0.05, 0) is 0 Å². The second kappa shape index (κ2) is 4.92. The van der Waals surface area contributed by atoms with Crippen LogP contribution in [0.1, 0.15) is 6.92 Å². The molecule has 0 fully saturated rings. The van der Waals surface area contributed by atoms with Crippen molar-refractivity contribution in [3.8, 4) is 0 Å². The van der Waals surface area contributed by atoms with E-state index in [1.54, 1.807) is 0 Å². The first-order valence-corrected chi connectivity index (χ1v) is 3.57. The van der Waals surface area contributed by atoms with Crippen LogP contribution in [0.15, 0.2) is 37.8 Å². The van der Waals surface area contributed by atoms with Crippen molar-refractivity contribution < 1.29 is 9.59 Å². The standard InChI is InChI=1S/C9H12N2O2/c1-5-11(6-2)9(13)7(3)10-8(4)12/h5-6H,1-3H2,4H3,(H,10,12). The average molecular weight is 180 g/mol. The average Bonchev–Trinajstić information content (AvgIpc) is 2.05. The summed E-state index contributed by atoms with van der Waals surface area (Å²) in [4.78, 5) is 23.0. The van der Waals surface area contributed by atoms with Gasteiger partial charge in [-0.25, -0.2) is 0 Å². The van der Waals surface area contributed by atoms with Gasteiger partial charge in [0.15, 0.2) is 0 Å². The summed E-state index contributed by atoms with van der Waals surface area (Å²) in [5, 5.41) is 2.27. The van der Waals surface area contributed by atoms with Crippen molar-refractivity contribution in [2.75, 3.05) is 0 Å². The van der Waals surface area contributed by atoms with Crippen molar-refractivity contribution in [2.45, 2.75) is 6.92 Å². The van der Waals surface area contributed by atoms with Crippen LogP contribution < -0.4 is 5.32 Å². The van der Waals surface area contributed by atoms with E-state index in [2.05, 4.69) is 25.1 Å². The SMILES string of the molecule is C=CN(C=C)C(=O)C(=C)NC(C)=O. The lowest BCUT2D eigenvalue weighted by Gasteiger charge is -2.13.